The predicted octanol–water partition coefficient (Wildman–Crippen LogP) is 0.805. The maximum atomic E-state index is 11.8. The molecular weight excluding hydrogens is 286 g/mol. The number of hydrogen-bond acceptors (Lipinski definition) is 3. The normalized spacial score (nSPS) is 18.0. The number of carboxylic acids is 1. The lowest BCUT2D eigenvalue weighted by Gasteiger charge is -2.30. The predicted molar refractivity (Wildman–Crippen MR) is 79.4 cm³/mol. The summed E-state index contributed by atoms with van der Waals surface area (Å²) in [5, 5.41) is 14.4. The molecule has 22 heavy (non-hydrogen) atoms. The summed E-state index contributed by atoms with van der Waals surface area (Å²) >= 11 is 0. The fourth-order valence-corrected chi connectivity index (χ4v) is 2.31. The SMILES string of the molecule is CN1CC(NC(=O)NCc2ccc(C(=O)O)cc2)CCC1=O. The number of rotatable bonds is 4. The van der Waals surface area contributed by atoms with Gasteiger partial charge in [0, 0.05) is 32.6 Å². The minimum Gasteiger partial charge on any atom is -0.478 e. The average molecular weight is 305 g/mol. The van der Waals surface area contributed by atoms with Crippen LogP contribution in [0.5, 0.6) is 0 Å². The first kappa shape index (κ1) is 15.8. The molecule has 7 nitrogen and oxygen atoms in total. The number of carboxylic acid groups (broad SMARTS) is 1. The lowest BCUT2D eigenvalue weighted by atomic mass is 10.1. The van der Waals surface area contributed by atoms with Crippen molar-refractivity contribution in [3.8, 4) is 0 Å². The zero-order valence-electron chi connectivity index (χ0n) is 12.3. The molecule has 1 aromatic carbocycles. The minimum absolute atomic E-state index is 0.0444. The van der Waals surface area contributed by atoms with Gasteiger partial charge in [-0.25, -0.2) is 9.59 Å². The van der Waals surface area contributed by atoms with Gasteiger partial charge in [0.15, 0.2) is 0 Å². The number of nitrogens with one attached hydrogen (secondary N) is 2. The lowest BCUT2D eigenvalue weighted by Crippen LogP contribution is -2.50. The number of urea groups is 1. The number of nitrogens with zero attached hydrogens (tertiary/aromatic N) is 1. The summed E-state index contributed by atoms with van der Waals surface area (Å²) in [6.45, 7) is 0.826. The second kappa shape index (κ2) is 6.93. The van der Waals surface area contributed by atoms with E-state index in [4.69, 9.17) is 5.11 Å². The fraction of sp³-hybridized carbons (Fsp3) is 0.400. The molecule has 0 aromatic heterocycles. The Balaban J connectivity index is 1.78. The van der Waals surface area contributed by atoms with Crippen LogP contribution in [0.4, 0.5) is 4.79 Å². The third kappa shape index (κ3) is 4.21. The highest BCUT2D eigenvalue weighted by atomic mass is 16.4. The molecule has 1 heterocycles. The number of piperidine rings is 1. The molecule has 1 saturated heterocycles. The Hall–Kier alpha value is -2.57. The smallest absolute Gasteiger partial charge is 0.335 e. The molecular formula is C15H19N3O4. The van der Waals surface area contributed by atoms with Crippen LogP contribution in [0.1, 0.15) is 28.8 Å². The van der Waals surface area contributed by atoms with E-state index in [1.165, 1.54) is 12.1 Å². The van der Waals surface area contributed by atoms with Gasteiger partial charge in [0.05, 0.1) is 5.56 Å². The number of likely N-dealkylation sites (N-methyl/N-ethyl adjacent to an activating group) is 1. The number of carbonyl (C=O) groups is 3. The highest BCUT2D eigenvalue weighted by Gasteiger charge is 2.23. The maximum Gasteiger partial charge on any atom is 0.335 e. The van der Waals surface area contributed by atoms with Crippen molar-refractivity contribution < 1.29 is 19.5 Å². The van der Waals surface area contributed by atoms with E-state index in [1.807, 2.05) is 0 Å². The van der Waals surface area contributed by atoms with Gasteiger partial charge in [-0.1, -0.05) is 12.1 Å². The van der Waals surface area contributed by atoms with Crippen LogP contribution in [0.25, 0.3) is 0 Å². The Morgan fingerprint density at radius 2 is 2.00 bits per heavy atom. The van der Waals surface area contributed by atoms with E-state index < -0.39 is 5.97 Å². The zero-order chi connectivity index (χ0) is 16.1. The summed E-state index contributed by atoms with van der Waals surface area (Å²) in [5.74, 6) is -0.884. The molecule has 0 saturated carbocycles. The van der Waals surface area contributed by atoms with Crippen molar-refractivity contribution >= 4 is 17.9 Å². The molecule has 118 valence electrons. The molecule has 1 aromatic rings. The lowest BCUT2D eigenvalue weighted by molar-refractivity contribution is -0.132. The van der Waals surface area contributed by atoms with Crippen LogP contribution in [-0.2, 0) is 11.3 Å². The zero-order valence-corrected chi connectivity index (χ0v) is 12.3. The molecule has 0 bridgehead atoms. The molecule has 7 heteroatoms. The largest absolute Gasteiger partial charge is 0.478 e. The minimum atomic E-state index is -0.979. The van der Waals surface area contributed by atoms with Gasteiger partial charge >= 0.3 is 12.0 Å². The number of aromatic carboxylic acids is 1. The second-order valence-electron chi connectivity index (χ2n) is 5.34. The number of carbonyl (C=O) groups excluding carboxylic acids is 2. The summed E-state index contributed by atoms with van der Waals surface area (Å²) in [5.41, 5.74) is 1.03. The van der Waals surface area contributed by atoms with E-state index in [1.54, 1.807) is 24.1 Å². The van der Waals surface area contributed by atoms with Crippen LogP contribution in [-0.4, -0.2) is 47.5 Å². The van der Waals surface area contributed by atoms with Crippen molar-refractivity contribution in [1.82, 2.24) is 15.5 Å². The molecule has 3 N–H and O–H groups in total. The highest BCUT2D eigenvalue weighted by molar-refractivity contribution is 5.87. The van der Waals surface area contributed by atoms with Crippen LogP contribution in [0.15, 0.2) is 24.3 Å². The first-order valence-electron chi connectivity index (χ1n) is 7.06. The number of amides is 3. The summed E-state index contributed by atoms with van der Waals surface area (Å²) < 4.78 is 0. The molecule has 1 aliphatic heterocycles. The van der Waals surface area contributed by atoms with E-state index in [0.29, 0.717) is 25.9 Å². The molecule has 1 atom stereocenters. The van der Waals surface area contributed by atoms with Gasteiger partial charge in [-0.3, -0.25) is 4.79 Å². The molecule has 1 aliphatic rings. The van der Waals surface area contributed by atoms with Gasteiger partial charge in [-0.2, -0.15) is 0 Å². The first-order chi connectivity index (χ1) is 10.5. The molecule has 0 spiro atoms. The van der Waals surface area contributed by atoms with Crippen molar-refractivity contribution in [1.29, 1.82) is 0 Å². The molecule has 3 amide bonds. The van der Waals surface area contributed by atoms with Crippen LogP contribution in [0.2, 0.25) is 0 Å². The van der Waals surface area contributed by atoms with Crippen molar-refractivity contribution in [2.45, 2.75) is 25.4 Å². The van der Waals surface area contributed by atoms with Crippen LogP contribution < -0.4 is 10.6 Å². The summed E-state index contributed by atoms with van der Waals surface area (Å²) in [4.78, 5) is 35.5. The fourth-order valence-electron chi connectivity index (χ4n) is 2.31. The second-order valence-corrected chi connectivity index (χ2v) is 5.34. The van der Waals surface area contributed by atoms with Crippen molar-refractivity contribution in [2.75, 3.05) is 13.6 Å². The van der Waals surface area contributed by atoms with E-state index in [2.05, 4.69) is 10.6 Å². The van der Waals surface area contributed by atoms with Crippen LogP contribution in [0, 0.1) is 0 Å². The summed E-state index contributed by atoms with van der Waals surface area (Å²) in [6, 6.07) is 5.98. The van der Waals surface area contributed by atoms with Gasteiger partial charge in [0.1, 0.15) is 0 Å². The molecule has 0 radical (unpaired) electrons. The van der Waals surface area contributed by atoms with Gasteiger partial charge in [-0.05, 0) is 24.1 Å². The Morgan fingerprint density at radius 1 is 1.32 bits per heavy atom. The monoisotopic (exact) mass is 305 g/mol. The van der Waals surface area contributed by atoms with Gasteiger partial charge < -0.3 is 20.6 Å². The van der Waals surface area contributed by atoms with E-state index in [9.17, 15) is 14.4 Å². The third-order valence-electron chi connectivity index (χ3n) is 3.62. The molecule has 0 aliphatic carbocycles. The van der Waals surface area contributed by atoms with Gasteiger partial charge in [-0.15, -0.1) is 0 Å². The van der Waals surface area contributed by atoms with Crippen molar-refractivity contribution in [2.24, 2.45) is 0 Å². The maximum absolute atomic E-state index is 11.8. The Kier molecular flexibility index (Phi) is 4.98. The molecule has 2 rings (SSSR count). The Labute approximate surface area is 128 Å². The van der Waals surface area contributed by atoms with Gasteiger partial charge in [0.25, 0.3) is 0 Å². The molecule has 1 unspecified atom stereocenters. The van der Waals surface area contributed by atoms with Crippen LogP contribution >= 0.6 is 0 Å². The average Bonchev–Trinajstić information content (AvgIpc) is 2.49. The van der Waals surface area contributed by atoms with E-state index in [0.717, 1.165) is 5.56 Å². The Bertz CT molecular complexity index is 571. The standard InChI is InChI=1S/C15H19N3O4/c1-18-9-12(6-7-13(18)19)17-15(22)16-8-10-2-4-11(5-3-10)14(20)21/h2-5,12H,6-9H2,1H3,(H,20,21)(H2,16,17,22). The topological polar surface area (TPSA) is 98.7 Å². The number of benzene rings is 1. The third-order valence-corrected chi connectivity index (χ3v) is 3.62. The first-order valence-corrected chi connectivity index (χ1v) is 7.06. The van der Waals surface area contributed by atoms with Crippen molar-refractivity contribution in [3.63, 3.8) is 0 Å². The van der Waals surface area contributed by atoms with E-state index in [-0.39, 0.29) is 23.5 Å². The summed E-state index contributed by atoms with van der Waals surface area (Å²) in [6.07, 6.45) is 1.09. The Morgan fingerprint density at radius 3 is 2.59 bits per heavy atom. The molecule has 1 fully saturated rings. The van der Waals surface area contributed by atoms with Crippen molar-refractivity contribution in [3.05, 3.63) is 35.4 Å². The van der Waals surface area contributed by atoms with Gasteiger partial charge in [0.2, 0.25) is 5.91 Å². The van der Waals surface area contributed by atoms with E-state index >= 15 is 0 Å². The summed E-state index contributed by atoms with van der Waals surface area (Å²) in [7, 11) is 1.72. The highest BCUT2D eigenvalue weighted by Crippen LogP contribution is 2.09. The number of hydrogen-bond donors (Lipinski definition) is 3. The van der Waals surface area contributed by atoms with Crippen LogP contribution in [0.3, 0.4) is 0 Å². The quantitative estimate of drug-likeness (QED) is 0.766. The number of likely N-dealkylation sites (tertiary alicyclic amines) is 1.